The number of aromatic nitrogens is 7. The minimum absolute atomic E-state index is 0. The van der Waals surface area contributed by atoms with E-state index in [1.807, 2.05) is 146 Å². The molecule has 21 nitrogen and oxygen atoms in total. The average Bonchev–Trinajstić information content (AvgIpc) is 1.75. The molecule has 532 valence electrons. The quantitative estimate of drug-likeness (QED) is 0.0579. The number of carboxylic acids is 2. The summed E-state index contributed by atoms with van der Waals surface area (Å²) in [4.78, 5) is 76.4. The Morgan fingerprint density at radius 1 is 0.525 bits per heavy atom. The highest BCUT2D eigenvalue weighted by molar-refractivity contribution is 9.11. The van der Waals surface area contributed by atoms with E-state index in [4.69, 9.17) is 30.5 Å². The predicted molar refractivity (Wildman–Crippen MR) is 411 cm³/mol. The fourth-order valence-corrected chi connectivity index (χ4v) is 11.9. The molecule has 2 amide bonds. The van der Waals surface area contributed by atoms with Crippen LogP contribution < -0.4 is 14.2 Å². The van der Waals surface area contributed by atoms with Crippen molar-refractivity contribution in [1.82, 2.24) is 39.7 Å². The smallest absolute Gasteiger partial charge is 0.411 e. The van der Waals surface area contributed by atoms with Gasteiger partial charge in [-0.1, -0.05) is 130 Å². The standard InChI is InChI=1S/C23H24N4O5.C19H21BrN2O5.C9H5BrClN.C9H7BrNO.C9H6BrN.2CH4.Cl3OP/c1-23(2,3)32-22(30)27-13-15(11-19(27)21(28)29)31-20-16-7-5-4-6-14(16)10-17(26-20)18-12-24-8-9-25-18;1-19(2,3)27-18(25)22-10-12(9-14(22)17(23)24)26-16-13-7-5-4-6-11(13)8-15(20)21-16;10-8-5-6-3-1-2-4-7(6)9(11)12-8;10-9-5-7-3-1-2-4-8(7)6-11(9)12;10-9-5-7-3-1-2-4-8(7)6-11-9;;;1-5(2,3)4/h4-10,12,15,19H,11,13H2,1-3H3,(H,28,29);4-8,12,14H,9-10H2,1-3H3,(H,23,24);1-5H;1-6,12H;1-6H;2*1H4;/q;;;+1;;;;/t15-,19+;12-,14+;;;;;;/m11....../s1. The van der Waals surface area contributed by atoms with E-state index < -0.39 is 64.8 Å². The number of rotatable bonds is 7. The molecular weight excluding hydrogens is 1660 g/mol. The van der Waals surface area contributed by atoms with Crippen LogP contribution in [0.2, 0.25) is 5.15 Å². The molecule has 0 unspecified atom stereocenters. The number of halogens is 8. The highest BCUT2D eigenvalue weighted by Crippen LogP contribution is 2.61. The minimum Gasteiger partial charge on any atom is -0.480 e. The van der Waals surface area contributed by atoms with Gasteiger partial charge < -0.3 is 29.2 Å². The Morgan fingerprint density at radius 2 is 0.931 bits per heavy atom. The van der Waals surface area contributed by atoms with E-state index in [1.54, 1.807) is 66.3 Å². The summed E-state index contributed by atoms with van der Waals surface area (Å²) in [7, 11) is 0. The molecule has 2 saturated heterocycles. The highest BCUT2D eigenvalue weighted by atomic mass is 79.9. The molecule has 2 fully saturated rings. The second-order valence-electron chi connectivity index (χ2n) is 23.8. The van der Waals surface area contributed by atoms with Crippen molar-refractivity contribution >= 4 is 192 Å². The number of ether oxygens (including phenoxy) is 4. The Labute approximate surface area is 636 Å². The summed E-state index contributed by atoms with van der Waals surface area (Å²) in [6.07, 6.45) is 6.20. The Bertz CT molecular complexity index is 4710. The zero-order chi connectivity index (χ0) is 71.9. The molecule has 2 aliphatic heterocycles. The first-order valence-corrected chi connectivity index (χ1v) is 37.9. The van der Waals surface area contributed by atoms with Gasteiger partial charge in [0, 0.05) is 79.7 Å². The van der Waals surface area contributed by atoms with E-state index in [2.05, 4.69) is 139 Å². The summed E-state index contributed by atoms with van der Waals surface area (Å²) >= 11 is 33.0. The van der Waals surface area contributed by atoms with Crippen molar-refractivity contribution in [3.05, 3.63) is 206 Å². The van der Waals surface area contributed by atoms with Gasteiger partial charge in [-0.3, -0.25) is 29.5 Å². The first-order chi connectivity index (χ1) is 46.7. The number of likely N-dealkylation sites (tertiary alicyclic amines) is 2. The van der Waals surface area contributed by atoms with Crippen molar-refractivity contribution in [3.63, 3.8) is 0 Å². The second kappa shape index (κ2) is 37.0. The van der Waals surface area contributed by atoms with Gasteiger partial charge in [-0.25, -0.2) is 39.1 Å². The number of pyridine rings is 5. The van der Waals surface area contributed by atoms with Crippen molar-refractivity contribution in [3.8, 4) is 23.1 Å². The van der Waals surface area contributed by atoms with Crippen LogP contribution in [0, 0.1) is 0 Å². The van der Waals surface area contributed by atoms with E-state index in [-0.39, 0.29) is 40.8 Å². The highest BCUT2D eigenvalue weighted by Gasteiger charge is 2.44. The number of nitrogens with zero attached hydrogens (tertiary/aromatic N) is 9. The molecule has 11 aromatic rings. The van der Waals surface area contributed by atoms with E-state index in [1.165, 1.54) is 20.6 Å². The molecule has 0 bridgehead atoms. The Kier molecular flexibility index (Phi) is 30.2. The SMILES string of the molecule is Brc1cc2ccccc2cn1.C.C.CC(C)(C)OC(=O)N1C[C@H](Oc2nc(-c3cnccn3)cc3ccccc23)C[C@H]1C(=O)O.CC(C)(C)OC(=O)N1C[C@H](Oc2nc(Br)cc3ccccc23)C[C@H]1C(=O)O.Clc1nc(Br)cc2ccccc12.O=P(Cl)(Cl)Cl.O[n+]1cc2ccccc2cc1Br. The third-order valence-corrected chi connectivity index (χ3v) is 16.3. The Hall–Kier alpha value is -7.58. The van der Waals surface area contributed by atoms with Crippen molar-refractivity contribution < 1.29 is 62.8 Å². The molecule has 101 heavy (non-hydrogen) atoms. The van der Waals surface area contributed by atoms with Gasteiger partial charge in [0.2, 0.25) is 18.0 Å². The van der Waals surface area contributed by atoms with Crippen LogP contribution in [-0.2, 0) is 23.6 Å². The Balaban J connectivity index is 0.000000207. The maximum absolute atomic E-state index is 12.6. The number of hydrogen-bond donors (Lipinski definition) is 3. The van der Waals surface area contributed by atoms with Gasteiger partial charge in [-0.2, -0.15) is 0 Å². The lowest BCUT2D eigenvalue weighted by Gasteiger charge is -2.26. The van der Waals surface area contributed by atoms with Gasteiger partial charge in [0.15, 0.2) is 0 Å². The third-order valence-electron chi connectivity index (χ3n) is 14.1. The molecule has 6 aromatic heterocycles. The maximum atomic E-state index is 12.6. The molecule has 0 spiro atoms. The zero-order valence-electron chi connectivity index (χ0n) is 53.5. The normalized spacial score (nSPS) is 15.4. The van der Waals surface area contributed by atoms with Crippen LogP contribution in [0.5, 0.6) is 11.8 Å². The van der Waals surface area contributed by atoms with Crippen LogP contribution in [0.15, 0.2) is 201 Å². The molecule has 2 aliphatic rings. The number of carbonyl (C=O) groups is 4. The summed E-state index contributed by atoms with van der Waals surface area (Å²) in [6.45, 7) is 10.6. The molecular formula is C71H71Br4Cl4N9O12P+. The lowest BCUT2D eigenvalue weighted by atomic mass is 10.1. The van der Waals surface area contributed by atoms with Crippen LogP contribution in [0.25, 0.3) is 65.3 Å². The number of carbonyl (C=O) groups excluding carboxylic acids is 2. The summed E-state index contributed by atoms with van der Waals surface area (Å²) in [5.74, 6) is -1.43. The molecule has 0 aliphatic carbocycles. The molecule has 0 saturated carbocycles. The van der Waals surface area contributed by atoms with Gasteiger partial charge in [-0.15, -0.1) is 0 Å². The number of carboxylic acid groups (broad SMARTS) is 2. The molecule has 3 N–H and O–H groups in total. The molecule has 0 radical (unpaired) electrons. The number of benzene rings is 5. The molecule has 8 heterocycles. The van der Waals surface area contributed by atoms with Crippen LogP contribution in [-0.4, -0.2) is 128 Å². The lowest BCUT2D eigenvalue weighted by Crippen LogP contribution is -2.43. The van der Waals surface area contributed by atoms with Crippen LogP contribution in [0.4, 0.5) is 9.59 Å². The van der Waals surface area contributed by atoms with Gasteiger partial charge in [-0.05, 0) is 192 Å². The summed E-state index contributed by atoms with van der Waals surface area (Å²) < 4.78 is 36.4. The lowest BCUT2D eigenvalue weighted by molar-refractivity contribution is -0.912. The fourth-order valence-electron chi connectivity index (χ4n) is 9.97. The number of aliphatic carboxylic acids is 2. The van der Waals surface area contributed by atoms with Gasteiger partial charge in [0.1, 0.15) is 60.2 Å². The number of fused-ring (bicyclic) bond motifs is 5. The predicted octanol–water partition coefficient (Wildman–Crippen LogP) is 20.2. The molecule has 13 rings (SSSR count). The van der Waals surface area contributed by atoms with Crippen molar-refractivity contribution in [1.29, 1.82) is 0 Å². The molecule has 4 atom stereocenters. The first kappa shape index (κ1) is 82.4. The van der Waals surface area contributed by atoms with Gasteiger partial charge in [0.25, 0.3) is 4.60 Å². The second-order valence-corrected chi connectivity index (χ2v) is 34.0. The summed E-state index contributed by atoms with van der Waals surface area (Å²) in [5, 5.41) is 35.8. The maximum Gasteiger partial charge on any atom is 0.411 e. The molecule has 30 heteroatoms. The average molecular weight is 1730 g/mol. The van der Waals surface area contributed by atoms with E-state index in [0.29, 0.717) is 37.5 Å². The Morgan fingerprint density at radius 3 is 1.41 bits per heavy atom. The van der Waals surface area contributed by atoms with Crippen LogP contribution >= 0.6 is 114 Å². The van der Waals surface area contributed by atoms with Crippen molar-refractivity contribution in [2.45, 2.75) is 105 Å². The van der Waals surface area contributed by atoms with Crippen molar-refractivity contribution in [2.24, 2.45) is 0 Å². The third kappa shape index (κ3) is 24.8. The number of hydrogen-bond acceptors (Lipinski definition) is 16. The topological polar surface area (TPSA) is 271 Å². The van der Waals surface area contributed by atoms with Crippen LogP contribution in [0.3, 0.4) is 0 Å². The number of amides is 2. The fraction of sp³-hybridized carbons (Fsp3) is 0.254. The van der Waals surface area contributed by atoms with Crippen molar-refractivity contribution in [2.75, 3.05) is 13.1 Å². The largest absolute Gasteiger partial charge is 0.480 e. The van der Waals surface area contributed by atoms with E-state index >= 15 is 0 Å². The van der Waals surface area contributed by atoms with Gasteiger partial charge in [0.05, 0.1) is 30.4 Å². The van der Waals surface area contributed by atoms with Crippen LogP contribution in [0.1, 0.15) is 69.2 Å². The van der Waals surface area contributed by atoms with E-state index in [0.717, 1.165) is 57.0 Å². The monoisotopic (exact) mass is 1730 g/mol. The molecule has 5 aromatic carbocycles. The first-order valence-electron chi connectivity index (χ1n) is 29.9. The van der Waals surface area contributed by atoms with Gasteiger partial charge >= 0.3 is 29.3 Å². The summed E-state index contributed by atoms with van der Waals surface area (Å²) in [6, 6.07) is 46.7. The minimum atomic E-state index is -3.22. The zero-order valence-corrected chi connectivity index (χ0v) is 63.7. The summed E-state index contributed by atoms with van der Waals surface area (Å²) in [5.41, 5.74) is -0.264. The van der Waals surface area contributed by atoms with E-state index in [9.17, 15) is 39.2 Å².